The zero-order valence-corrected chi connectivity index (χ0v) is 12.9. The molecule has 1 aliphatic heterocycles. The number of hydrogen-bond acceptors (Lipinski definition) is 4. The largest absolute Gasteiger partial charge is 0.481 e. The standard InChI is InChI=1S/C15H27N3O3/c1-15(14(20)21)6-3-2-5-12(15)17-13(19)11-18-9-4-7-16-8-10-18/h12,16H,2-11H2,1H3,(H,17,19)(H,20,21). The molecule has 6 heteroatoms. The number of nitrogens with zero attached hydrogens (tertiary/aromatic N) is 1. The molecule has 1 aliphatic carbocycles. The van der Waals surface area contributed by atoms with Crippen molar-refractivity contribution >= 4 is 11.9 Å². The van der Waals surface area contributed by atoms with Gasteiger partial charge in [-0.1, -0.05) is 12.8 Å². The quantitative estimate of drug-likeness (QED) is 0.701. The first-order valence-electron chi connectivity index (χ1n) is 7.98. The molecule has 0 bridgehead atoms. The van der Waals surface area contributed by atoms with E-state index in [0.717, 1.165) is 51.9 Å². The summed E-state index contributed by atoms with van der Waals surface area (Å²) in [6.45, 7) is 5.82. The minimum Gasteiger partial charge on any atom is -0.481 e. The zero-order valence-electron chi connectivity index (χ0n) is 12.9. The average Bonchev–Trinajstić information content (AvgIpc) is 2.70. The molecule has 1 amide bonds. The number of rotatable bonds is 4. The summed E-state index contributed by atoms with van der Waals surface area (Å²) in [7, 11) is 0. The second-order valence-corrected chi connectivity index (χ2v) is 6.47. The van der Waals surface area contributed by atoms with Crippen molar-refractivity contribution < 1.29 is 14.7 Å². The third-order valence-corrected chi connectivity index (χ3v) is 4.83. The molecule has 3 N–H and O–H groups in total. The van der Waals surface area contributed by atoms with Gasteiger partial charge in [-0.25, -0.2) is 0 Å². The van der Waals surface area contributed by atoms with Crippen LogP contribution in [0.2, 0.25) is 0 Å². The van der Waals surface area contributed by atoms with E-state index < -0.39 is 11.4 Å². The second kappa shape index (κ2) is 7.22. The molecule has 2 aliphatic rings. The minimum absolute atomic E-state index is 0.0451. The van der Waals surface area contributed by atoms with E-state index in [9.17, 15) is 14.7 Å². The van der Waals surface area contributed by atoms with Crippen LogP contribution in [0.5, 0.6) is 0 Å². The van der Waals surface area contributed by atoms with Gasteiger partial charge >= 0.3 is 5.97 Å². The van der Waals surface area contributed by atoms with Gasteiger partial charge in [-0.15, -0.1) is 0 Å². The molecule has 1 heterocycles. The summed E-state index contributed by atoms with van der Waals surface area (Å²) in [4.78, 5) is 25.9. The zero-order chi connectivity index (χ0) is 15.3. The van der Waals surface area contributed by atoms with Crippen LogP contribution in [0.25, 0.3) is 0 Å². The fourth-order valence-electron chi connectivity index (χ4n) is 3.32. The Labute approximate surface area is 126 Å². The highest BCUT2D eigenvalue weighted by Crippen LogP contribution is 2.36. The molecule has 0 radical (unpaired) electrons. The third-order valence-electron chi connectivity index (χ3n) is 4.83. The molecule has 2 fully saturated rings. The monoisotopic (exact) mass is 297 g/mol. The average molecular weight is 297 g/mol. The molecule has 120 valence electrons. The van der Waals surface area contributed by atoms with Gasteiger partial charge in [0.15, 0.2) is 0 Å². The molecule has 0 aromatic heterocycles. The first kappa shape index (κ1) is 16.2. The Balaban J connectivity index is 1.89. The second-order valence-electron chi connectivity index (χ2n) is 6.47. The van der Waals surface area contributed by atoms with Crippen molar-refractivity contribution in [3.63, 3.8) is 0 Å². The smallest absolute Gasteiger partial charge is 0.311 e. The van der Waals surface area contributed by atoms with Crippen molar-refractivity contribution in [2.24, 2.45) is 5.41 Å². The lowest BCUT2D eigenvalue weighted by molar-refractivity contribution is -0.152. The fraction of sp³-hybridized carbons (Fsp3) is 0.867. The van der Waals surface area contributed by atoms with Crippen LogP contribution in [0.15, 0.2) is 0 Å². The maximum absolute atomic E-state index is 12.2. The van der Waals surface area contributed by atoms with Crippen LogP contribution >= 0.6 is 0 Å². The Kier molecular flexibility index (Phi) is 5.58. The van der Waals surface area contributed by atoms with Gasteiger partial charge in [-0.2, -0.15) is 0 Å². The normalized spacial score (nSPS) is 31.4. The number of aliphatic carboxylic acids is 1. The highest BCUT2D eigenvalue weighted by Gasteiger charge is 2.43. The molecule has 1 saturated carbocycles. The number of carbonyl (C=O) groups is 2. The van der Waals surface area contributed by atoms with Crippen LogP contribution in [-0.2, 0) is 9.59 Å². The molecule has 2 rings (SSSR count). The van der Waals surface area contributed by atoms with Crippen molar-refractivity contribution in [2.75, 3.05) is 32.7 Å². The highest BCUT2D eigenvalue weighted by molar-refractivity contribution is 5.81. The Morgan fingerprint density at radius 2 is 2.10 bits per heavy atom. The molecule has 2 atom stereocenters. The lowest BCUT2D eigenvalue weighted by Gasteiger charge is -2.38. The van der Waals surface area contributed by atoms with E-state index in [1.165, 1.54) is 0 Å². The van der Waals surface area contributed by atoms with E-state index in [0.29, 0.717) is 13.0 Å². The number of amides is 1. The van der Waals surface area contributed by atoms with Crippen LogP contribution in [0.1, 0.15) is 39.0 Å². The molecule has 0 spiro atoms. The van der Waals surface area contributed by atoms with Crippen molar-refractivity contribution in [3.8, 4) is 0 Å². The molecular weight excluding hydrogens is 270 g/mol. The summed E-state index contributed by atoms with van der Waals surface area (Å²) >= 11 is 0. The van der Waals surface area contributed by atoms with E-state index in [2.05, 4.69) is 15.5 Å². The third kappa shape index (κ3) is 4.17. The number of hydrogen-bond donors (Lipinski definition) is 3. The molecule has 0 aromatic carbocycles. The molecular formula is C15H27N3O3. The maximum atomic E-state index is 12.2. The van der Waals surface area contributed by atoms with Crippen LogP contribution in [0.4, 0.5) is 0 Å². The van der Waals surface area contributed by atoms with Gasteiger partial charge in [-0.3, -0.25) is 14.5 Å². The minimum atomic E-state index is -0.825. The highest BCUT2D eigenvalue weighted by atomic mass is 16.4. The fourth-order valence-corrected chi connectivity index (χ4v) is 3.32. The van der Waals surface area contributed by atoms with Gasteiger partial charge in [0.1, 0.15) is 0 Å². The van der Waals surface area contributed by atoms with Crippen molar-refractivity contribution in [3.05, 3.63) is 0 Å². The summed E-state index contributed by atoms with van der Waals surface area (Å²) in [5.41, 5.74) is -0.825. The van der Waals surface area contributed by atoms with E-state index in [1.807, 2.05) is 0 Å². The number of nitrogens with one attached hydrogen (secondary N) is 2. The van der Waals surface area contributed by atoms with E-state index in [1.54, 1.807) is 6.92 Å². The number of carboxylic acid groups (broad SMARTS) is 1. The van der Waals surface area contributed by atoms with Crippen molar-refractivity contribution in [1.82, 2.24) is 15.5 Å². The Hall–Kier alpha value is -1.14. The number of carbonyl (C=O) groups excluding carboxylic acids is 1. The van der Waals surface area contributed by atoms with Crippen LogP contribution in [0.3, 0.4) is 0 Å². The van der Waals surface area contributed by atoms with Gasteiger partial charge in [0, 0.05) is 19.1 Å². The summed E-state index contributed by atoms with van der Waals surface area (Å²) in [5.74, 6) is -0.845. The summed E-state index contributed by atoms with van der Waals surface area (Å²) < 4.78 is 0. The topological polar surface area (TPSA) is 81.7 Å². The Morgan fingerprint density at radius 3 is 2.86 bits per heavy atom. The predicted octanol–water partition coefficient (Wildman–Crippen LogP) is 0.431. The Morgan fingerprint density at radius 1 is 1.29 bits per heavy atom. The van der Waals surface area contributed by atoms with Crippen molar-refractivity contribution in [2.45, 2.75) is 45.1 Å². The van der Waals surface area contributed by atoms with Gasteiger partial charge < -0.3 is 15.7 Å². The van der Waals surface area contributed by atoms with Crippen LogP contribution in [-0.4, -0.2) is 60.6 Å². The molecule has 21 heavy (non-hydrogen) atoms. The van der Waals surface area contributed by atoms with E-state index in [4.69, 9.17) is 0 Å². The van der Waals surface area contributed by atoms with Gasteiger partial charge in [0.2, 0.25) is 5.91 Å². The molecule has 0 aromatic rings. The van der Waals surface area contributed by atoms with E-state index >= 15 is 0 Å². The molecule has 2 unspecified atom stereocenters. The van der Waals surface area contributed by atoms with E-state index in [-0.39, 0.29) is 11.9 Å². The lowest BCUT2D eigenvalue weighted by atomic mass is 9.71. The van der Waals surface area contributed by atoms with Crippen LogP contribution in [0, 0.1) is 5.41 Å². The predicted molar refractivity (Wildman–Crippen MR) is 80.1 cm³/mol. The Bertz CT molecular complexity index is 380. The lowest BCUT2D eigenvalue weighted by Crippen LogP contribution is -2.54. The molecule has 1 saturated heterocycles. The maximum Gasteiger partial charge on any atom is 0.311 e. The SMILES string of the molecule is CC1(C(=O)O)CCCCC1NC(=O)CN1CCCNCC1. The van der Waals surface area contributed by atoms with Crippen molar-refractivity contribution in [1.29, 1.82) is 0 Å². The first-order valence-corrected chi connectivity index (χ1v) is 7.98. The summed E-state index contributed by atoms with van der Waals surface area (Å²) in [6, 6.07) is -0.249. The number of carboxylic acids is 1. The first-order chi connectivity index (χ1) is 10.0. The summed E-state index contributed by atoms with van der Waals surface area (Å²) in [5, 5.41) is 15.8. The molecule has 6 nitrogen and oxygen atoms in total. The van der Waals surface area contributed by atoms with Gasteiger partial charge in [0.05, 0.1) is 12.0 Å². The summed E-state index contributed by atoms with van der Waals surface area (Å²) in [6.07, 6.45) is 4.36. The van der Waals surface area contributed by atoms with Crippen LogP contribution < -0.4 is 10.6 Å². The van der Waals surface area contributed by atoms with Gasteiger partial charge in [-0.05, 0) is 39.3 Å². The van der Waals surface area contributed by atoms with Gasteiger partial charge in [0.25, 0.3) is 0 Å².